The number of amides is 1. The van der Waals surface area contributed by atoms with E-state index in [1.807, 2.05) is 31.2 Å². The zero-order valence-corrected chi connectivity index (χ0v) is 19.9. The number of aromatic nitrogens is 1. The van der Waals surface area contributed by atoms with Crippen LogP contribution in [0, 0.1) is 6.92 Å². The third kappa shape index (κ3) is 5.53. The van der Waals surface area contributed by atoms with Gasteiger partial charge in [0.2, 0.25) is 5.91 Å². The lowest BCUT2D eigenvalue weighted by Gasteiger charge is -2.29. The standard InChI is InChI=1S/C23H27N3O4S2/c1-17-4-3-5-18(14-17)15-22(27)26(9-8-25-10-12-30-13-11-25)23-24-20-7-6-19(32(2,28)29)16-21(20)31-23/h3-7,14,16H,8-13,15H2,1-2H3. The molecule has 0 unspecified atom stereocenters. The van der Waals surface area contributed by atoms with Crippen molar-refractivity contribution in [3.05, 3.63) is 53.6 Å². The molecule has 0 N–H and O–H groups in total. The van der Waals surface area contributed by atoms with E-state index in [1.54, 1.807) is 23.1 Å². The lowest BCUT2D eigenvalue weighted by Crippen LogP contribution is -2.43. The molecule has 0 radical (unpaired) electrons. The van der Waals surface area contributed by atoms with Gasteiger partial charge in [-0.1, -0.05) is 41.2 Å². The molecule has 1 fully saturated rings. The molecule has 1 saturated heterocycles. The molecule has 1 aromatic heterocycles. The minimum atomic E-state index is -3.31. The van der Waals surface area contributed by atoms with Crippen LogP contribution in [-0.4, -0.2) is 69.9 Å². The van der Waals surface area contributed by atoms with Crippen molar-refractivity contribution >= 4 is 42.4 Å². The van der Waals surface area contributed by atoms with Crippen LogP contribution in [0.1, 0.15) is 11.1 Å². The van der Waals surface area contributed by atoms with Crippen LogP contribution in [0.2, 0.25) is 0 Å². The Morgan fingerprint density at radius 2 is 1.97 bits per heavy atom. The molecule has 0 bridgehead atoms. The van der Waals surface area contributed by atoms with Gasteiger partial charge in [0.05, 0.1) is 34.7 Å². The number of sulfone groups is 1. The molecule has 1 amide bonds. The third-order valence-corrected chi connectivity index (χ3v) is 7.64. The molecule has 0 atom stereocenters. The molecule has 0 saturated carbocycles. The van der Waals surface area contributed by atoms with Crippen molar-refractivity contribution in [2.24, 2.45) is 0 Å². The van der Waals surface area contributed by atoms with E-state index in [-0.39, 0.29) is 17.2 Å². The SMILES string of the molecule is Cc1cccc(CC(=O)N(CCN2CCOCC2)c2nc3ccc(S(C)(=O)=O)cc3s2)c1. The Kier molecular flexibility index (Phi) is 6.90. The van der Waals surface area contributed by atoms with Crippen LogP contribution in [0.4, 0.5) is 5.13 Å². The van der Waals surface area contributed by atoms with E-state index in [1.165, 1.54) is 17.6 Å². The Bertz CT molecular complexity index is 1220. The summed E-state index contributed by atoms with van der Waals surface area (Å²) in [5, 5.41) is 0.594. The Labute approximate surface area is 192 Å². The smallest absolute Gasteiger partial charge is 0.233 e. The topological polar surface area (TPSA) is 79.8 Å². The number of morpholine rings is 1. The van der Waals surface area contributed by atoms with Crippen molar-refractivity contribution in [3.8, 4) is 0 Å². The molecule has 1 aliphatic rings. The number of hydrogen-bond acceptors (Lipinski definition) is 7. The fourth-order valence-corrected chi connectivity index (χ4v) is 5.49. The van der Waals surface area contributed by atoms with Crippen LogP contribution in [0.15, 0.2) is 47.4 Å². The summed E-state index contributed by atoms with van der Waals surface area (Å²) in [6.07, 6.45) is 1.48. The Morgan fingerprint density at radius 3 is 2.69 bits per heavy atom. The molecule has 4 rings (SSSR count). The number of carbonyl (C=O) groups excluding carboxylic acids is 1. The molecule has 3 aromatic rings. The van der Waals surface area contributed by atoms with Gasteiger partial charge in [0.15, 0.2) is 15.0 Å². The summed E-state index contributed by atoms with van der Waals surface area (Å²) in [6, 6.07) is 12.9. The van der Waals surface area contributed by atoms with Crippen molar-refractivity contribution in [2.75, 3.05) is 50.5 Å². The Hall–Kier alpha value is -2.33. The molecule has 7 nitrogen and oxygen atoms in total. The fourth-order valence-electron chi connectivity index (χ4n) is 3.72. The minimum absolute atomic E-state index is 0.0220. The summed E-state index contributed by atoms with van der Waals surface area (Å²) < 4.78 is 30.1. The summed E-state index contributed by atoms with van der Waals surface area (Å²) >= 11 is 1.35. The van der Waals surface area contributed by atoms with E-state index in [0.717, 1.165) is 35.5 Å². The molecule has 170 valence electrons. The van der Waals surface area contributed by atoms with Crippen molar-refractivity contribution in [1.82, 2.24) is 9.88 Å². The van der Waals surface area contributed by atoms with Crippen LogP contribution < -0.4 is 4.90 Å². The van der Waals surface area contributed by atoms with Gasteiger partial charge in [-0.2, -0.15) is 0 Å². The number of nitrogens with zero attached hydrogens (tertiary/aromatic N) is 3. The number of fused-ring (bicyclic) bond motifs is 1. The van der Waals surface area contributed by atoms with Gasteiger partial charge in [-0.3, -0.25) is 14.6 Å². The molecular formula is C23H27N3O4S2. The third-order valence-electron chi connectivity index (χ3n) is 5.49. The van der Waals surface area contributed by atoms with E-state index in [2.05, 4.69) is 9.88 Å². The van der Waals surface area contributed by atoms with Gasteiger partial charge in [0.1, 0.15) is 0 Å². The number of thiazole rings is 1. The van der Waals surface area contributed by atoms with Crippen molar-refractivity contribution in [3.63, 3.8) is 0 Å². The van der Waals surface area contributed by atoms with Crippen molar-refractivity contribution < 1.29 is 17.9 Å². The van der Waals surface area contributed by atoms with Crippen molar-refractivity contribution in [2.45, 2.75) is 18.2 Å². The van der Waals surface area contributed by atoms with Crippen molar-refractivity contribution in [1.29, 1.82) is 0 Å². The first-order chi connectivity index (χ1) is 15.3. The normalized spacial score (nSPS) is 15.2. The second-order valence-corrected chi connectivity index (χ2v) is 11.1. The minimum Gasteiger partial charge on any atom is -0.379 e. The molecule has 9 heteroatoms. The highest BCUT2D eigenvalue weighted by molar-refractivity contribution is 7.90. The number of aryl methyl sites for hydroxylation is 1. The monoisotopic (exact) mass is 473 g/mol. The second kappa shape index (κ2) is 9.66. The average molecular weight is 474 g/mol. The maximum Gasteiger partial charge on any atom is 0.233 e. The molecule has 2 aromatic carbocycles. The Morgan fingerprint density at radius 1 is 1.19 bits per heavy atom. The number of ether oxygens (including phenoxy) is 1. The first-order valence-electron chi connectivity index (χ1n) is 10.6. The predicted octanol–water partition coefficient (Wildman–Crippen LogP) is 2.92. The average Bonchev–Trinajstić information content (AvgIpc) is 3.17. The van der Waals surface area contributed by atoms with Crippen LogP contribution in [0.25, 0.3) is 10.2 Å². The highest BCUT2D eigenvalue weighted by Gasteiger charge is 2.22. The van der Waals surface area contributed by atoms with Gasteiger partial charge in [0, 0.05) is 32.4 Å². The summed E-state index contributed by atoms with van der Waals surface area (Å²) in [7, 11) is -3.31. The summed E-state index contributed by atoms with van der Waals surface area (Å²) in [5.41, 5.74) is 2.77. The highest BCUT2D eigenvalue weighted by Crippen LogP contribution is 2.31. The first kappa shape index (κ1) is 22.8. The predicted molar refractivity (Wildman–Crippen MR) is 127 cm³/mol. The van der Waals surface area contributed by atoms with E-state index < -0.39 is 9.84 Å². The lowest BCUT2D eigenvalue weighted by atomic mass is 10.1. The van der Waals surface area contributed by atoms with Crippen LogP contribution >= 0.6 is 11.3 Å². The summed E-state index contributed by atoms with van der Waals surface area (Å²) in [5.74, 6) is -0.0220. The lowest BCUT2D eigenvalue weighted by molar-refractivity contribution is -0.118. The molecule has 32 heavy (non-hydrogen) atoms. The fraction of sp³-hybridized carbons (Fsp3) is 0.391. The van der Waals surface area contributed by atoms with Crippen LogP contribution in [0.3, 0.4) is 0 Å². The van der Waals surface area contributed by atoms with Gasteiger partial charge < -0.3 is 4.74 Å². The van der Waals surface area contributed by atoms with Gasteiger partial charge in [-0.05, 0) is 30.7 Å². The maximum atomic E-state index is 13.4. The molecular weight excluding hydrogens is 446 g/mol. The van der Waals surface area contributed by atoms with Gasteiger partial charge >= 0.3 is 0 Å². The van der Waals surface area contributed by atoms with Crippen LogP contribution in [0.5, 0.6) is 0 Å². The molecule has 0 aliphatic carbocycles. The number of benzene rings is 2. The number of hydrogen-bond donors (Lipinski definition) is 0. The Balaban J connectivity index is 1.61. The quantitative estimate of drug-likeness (QED) is 0.525. The van der Waals surface area contributed by atoms with Gasteiger partial charge in [-0.15, -0.1) is 0 Å². The van der Waals surface area contributed by atoms with Crippen LogP contribution in [-0.2, 0) is 25.8 Å². The van der Waals surface area contributed by atoms with Gasteiger partial charge in [-0.25, -0.2) is 13.4 Å². The number of anilines is 1. The summed E-state index contributed by atoms with van der Waals surface area (Å²) in [4.78, 5) is 22.3. The van der Waals surface area contributed by atoms with E-state index in [9.17, 15) is 13.2 Å². The van der Waals surface area contributed by atoms with E-state index >= 15 is 0 Å². The summed E-state index contributed by atoms with van der Waals surface area (Å²) in [6.45, 7) is 6.35. The molecule has 2 heterocycles. The first-order valence-corrected chi connectivity index (χ1v) is 13.3. The second-order valence-electron chi connectivity index (χ2n) is 8.06. The number of carbonyl (C=O) groups is 1. The maximum absolute atomic E-state index is 13.4. The largest absolute Gasteiger partial charge is 0.379 e. The van der Waals surface area contributed by atoms with E-state index in [4.69, 9.17) is 4.74 Å². The highest BCUT2D eigenvalue weighted by atomic mass is 32.2. The molecule has 0 spiro atoms. The number of rotatable bonds is 7. The van der Waals surface area contributed by atoms with E-state index in [0.29, 0.717) is 30.4 Å². The zero-order chi connectivity index (χ0) is 22.7. The zero-order valence-electron chi connectivity index (χ0n) is 18.3. The van der Waals surface area contributed by atoms with Gasteiger partial charge in [0.25, 0.3) is 0 Å². The molecule has 1 aliphatic heterocycles.